The van der Waals surface area contributed by atoms with Gasteiger partial charge in [0.2, 0.25) is 0 Å². The van der Waals surface area contributed by atoms with Gasteiger partial charge in [-0.25, -0.2) is 4.79 Å². The molecule has 31 heavy (non-hydrogen) atoms. The predicted octanol–water partition coefficient (Wildman–Crippen LogP) is 6.13. The van der Waals surface area contributed by atoms with Crippen LogP contribution in [0.1, 0.15) is 46.8 Å². The summed E-state index contributed by atoms with van der Waals surface area (Å²) in [4.78, 5) is 12.3. The van der Waals surface area contributed by atoms with Crippen molar-refractivity contribution in [1.82, 2.24) is 0 Å². The first-order chi connectivity index (χ1) is 15.2. The lowest BCUT2D eigenvalue weighted by atomic mass is 9.77. The zero-order chi connectivity index (χ0) is 21.2. The maximum Gasteiger partial charge on any atom is 0.343 e. The number of carbonyl (C=O) groups excluding carboxylic acids is 1. The first kappa shape index (κ1) is 19.4. The van der Waals surface area contributed by atoms with Crippen LogP contribution in [0, 0.1) is 5.92 Å². The van der Waals surface area contributed by atoms with Gasteiger partial charge in [0.15, 0.2) is 0 Å². The minimum absolute atomic E-state index is 0.198. The van der Waals surface area contributed by atoms with E-state index in [4.69, 9.17) is 9.47 Å². The number of benzene rings is 3. The number of rotatable bonds is 5. The summed E-state index contributed by atoms with van der Waals surface area (Å²) in [6, 6.07) is 23.4. The standard InChI is InChI=1S/C27H25NO3/c1-2-30-21-15-16-25-24(17-21)22-9-6-10-23(22)26(28-25)18-11-13-20(14-12-18)31-27(29)19-7-4-3-5-8-19/h3-9,11-17,22-23,26,28H,2,10H2,1H3/t22-,23+,26+/m1/s1. The van der Waals surface area contributed by atoms with Gasteiger partial charge in [-0.3, -0.25) is 0 Å². The zero-order valence-electron chi connectivity index (χ0n) is 17.5. The van der Waals surface area contributed by atoms with Gasteiger partial charge in [0.1, 0.15) is 11.5 Å². The first-order valence-electron chi connectivity index (χ1n) is 10.8. The molecule has 0 fully saturated rings. The SMILES string of the molecule is CCOc1ccc2c(c1)[C@@H]1C=CC[C@@H]1[C@H](c1ccc(OC(=O)c3ccccc3)cc1)N2. The number of fused-ring (bicyclic) bond motifs is 3. The molecule has 4 nitrogen and oxygen atoms in total. The lowest BCUT2D eigenvalue weighted by molar-refractivity contribution is 0.0734. The Labute approximate surface area is 182 Å². The van der Waals surface area contributed by atoms with E-state index in [0.29, 0.717) is 29.8 Å². The van der Waals surface area contributed by atoms with Gasteiger partial charge < -0.3 is 14.8 Å². The Kier molecular flexibility index (Phi) is 5.21. The minimum atomic E-state index is -0.344. The fourth-order valence-electron chi connectivity index (χ4n) is 4.64. The summed E-state index contributed by atoms with van der Waals surface area (Å²) < 4.78 is 11.3. The number of anilines is 1. The van der Waals surface area contributed by atoms with E-state index in [9.17, 15) is 4.79 Å². The van der Waals surface area contributed by atoms with Crippen molar-refractivity contribution < 1.29 is 14.3 Å². The number of allylic oxidation sites excluding steroid dienone is 2. The van der Waals surface area contributed by atoms with Crippen molar-refractivity contribution in [3.63, 3.8) is 0 Å². The minimum Gasteiger partial charge on any atom is -0.494 e. The molecular weight excluding hydrogens is 386 g/mol. The van der Waals surface area contributed by atoms with Crippen LogP contribution < -0.4 is 14.8 Å². The zero-order valence-corrected chi connectivity index (χ0v) is 17.5. The summed E-state index contributed by atoms with van der Waals surface area (Å²) in [6.45, 7) is 2.67. The average molecular weight is 412 g/mol. The van der Waals surface area contributed by atoms with Crippen LogP contribution in [0.3, 0.4) is 0 Å². The van der Waals surface area contributed by atoms with Gasteiger partial charge in [-0.05, 0) is 72.9 Å². The summed E-state index contributed by atoms with van der Waals surface area (Å²) >= 11 is 0. The summed E-state index contributed by atoms with van der Waals surface area (Å²) in [5.41, 5.74) is 4.19. The van der Waals surface area contributed by atoms with Crippen LogP contribution in [-0.4, -0.2) is 12.6 Å². The summed E-state index contributed by atoms with van der Waals surface area (Å²) in [5.74, 6) is 1.95. The van der Waals surface area contributed by atoms with Crippen molar-refractivity contribution in [1.29, 1.82) is 0 Å². The van der Waals surface area contributed by atoms with E-state index in [1.165, 1.54) is 11.1 Å². The van der Waals surface area contributed by atoms with Crippen molar-refractivity contribution in [2.45, 2.75) is 25.3 Å². The molecule has 1 aliphatic carbocycles. The Morgan fingerprint density at radius 2 is 1.77 bits per heavy atom. The molecular formula is C27H25NO3. The molecule has 3 aromatic carbocycles. The Bertz CT molecular complexity index is 1110. The van der Waals surface area contributed by atoms with Crippen LogP contribution in [0.25, 0.3) is 0 Å². The molecule has 0 aromatic heterocycles. The molecule has 0 spiro atoms. The molecule has 5 rings (SSSR count). The first-order valence-corrected chi connectivity index (χ1v) is 10.8. The second kappa shape index (κ2) is 8.31. The van der Waals surface area contributed by atoms with E-state index in [-0.39, 0.29) is 12.0 Å². The average Bonchev–Trinajstić information content (AvgIpc) is 3.30. The van der Waals surface area contributed by atoms with Gasteiger partial charge in [0.25, 0.3) is 0 Å². The molecule has 1 heterocycles. The van der Waals surface area contributed by atoms with E-state index in [0.717, 1.165) is 17.9 Å². The van der Waals surface area contributed by atoms with Crippen LogP contribution in [0.2, 0.25) is 0 Å². The quantitative estimate of drug-likeness (QED) is 0.312. The molecule has 0 saturated carbocycles. The highest BCUT2D eigenvalue weighted by Gasteiger charge is 2.38. The third kappa shape index (κ3) is 3.81. The lowest BCUT2D eigenvalue weighted by Gasteiger charge is -2.37. The van der Waals surface area contributed by atoms with E-state index < -0.39 is 0 Å². The smallest absolute Gasteiger partial charge is 0.343 e. The third-order valence-electron chi connectivity index (χ3n) is 6.10. The third-order valence-corrected chi connectivity index (χ3v) is 6.10. The molecule has 0 amide bonds. The fourth-order valence-corrected chi connectivity index (χ4v) is 4.64. The van der Waals surface area contributed by atoms with Gasteiger partial charge in [-0.15, -0.1) is 0 Å². The number of hydrogen-bond donors (Lipinski definition) is 1. The summed E-state index contributed by atoms with van der Waals surface area (Å²) in [5, 5.41) is 3.74. The van der Waals surface area contributed by atoms with E-state index in [1.807, 2.05) is 43.3 Å². The molecule has 4 heteroatoms. The van der Waals surface area contributed by atoms with Crippen LogP contribution in [0.5, 0.6) is 11.5 Å². The number of ether oxygens (including phenoxy) is 2. The fraction of sp³-hybridized carbons (Fsp3) is 0.222. The highest BCUT2D eigenvalue weighted by atomic mass is 16.5. The molecule has 0 saturated heterocycles. The van der Waals surface area contributed by atoms with Crippen molar-refractivity contribution in [3.05, 3.63) is 102 Å². The normalized spacial score (nSPS) is 21.0. The van der Waals surface area contributed by atoms with Crippen molar-refractivity contribution in [3.8, 4) is 11.5 Å². The maximum absolute atomic E-state index is 12.3. The molecule has 3 atom stereocenters. The Balaban J connectivity index is 1.36. The summed E-state index contributed by atoms with van der Waals surface area (Å²) in [6.07, 6.45) is 5.64. The van der Waals surface area contributed by atoms with Gasteiger partial charge in [0, 0.05) is 11.6 Å². The molecule has 1 N–H and O–H groups in total. The molecule has 0 radical (unpaired) electrons. The number of nitrogens with one attached hydrogen (secondary N) is 1. The number of carbonyl (C=O) groups is 1. The van der Waals surface area contributed by atoms with Crippen molar-refractivity contribution in [2.24, 2.45) is 5.92 Å². The molecule has 3 aromatic rings. The maximum atomic E-state index is 12.3. The summed E-state index contributed by atoms with van der Waals surface area (Å²) in [7, 11) is 0. The topological polar surface area (TPSA) is 47.6 Å². The van der Waals surface area contributed by atoms with E-state index >= 15 is 0 Å². The van der Waals surface area contributed by atoms with Gasteiger partial charge in [-0.2, -0.15) is 0 Å². The molecule has 156 valence electrons. The highest BCUT2D eigenvalue weighted by molar-refractivity contribution is 5.90. The molecule has 0 bridgehead atoms. The van der Waals surface area contributed by atoms with E-state index in [1.54, 1.807) is 12.1 Å². The molecule has 0 unspecified atom stereocenters. The number of esters is 1. The van der Waals surface area contributed by atoms with Gasteiger partial charge >= 0.3 is 5.97 Å². The highest BCUT2D eigenvalue weighted by Crippen LogP contribution is 2.50. The Hall–Kier alpha value is -3.53. The second-order valence-corrected chi connectivity index (χ2v) is 7.98. The van der Waals surface area contributed by atoms with Crippen LogP contribution in [-0.2, 0) is 0 Å². The van der Waals surface area contributed by atoms with Crippen LogP contribution >= 0.6 is 0 Å². The Morgan fingerprint density at radius 3 is 2.55 bits per heavy atom. The van der Waals surface area contributed by atoms with Crippen molar-refractivity contribution >= 4 is 11.7 Å². The lowest BCUT2D eigenvalue weighted by Crippen LogP contribution is -2.29. The number of hydrogen-bond acceptors (Lipinski definition) is 4. The van der Waals surface area contributed by atoms with Gasteiger partial charge in [-0.1, -0.05) is 42.5 Å². The second-order valence-electron chi connectivity index (χ2n) is 7.98. The van der Waals surface area contributed by atoms with Crippen LogP contribution in [0.4, 0.5) is 5.69 Å². The molecule has 1 aliphatic heterocycles. The van der Waals surface area contributed by atoms with Crippen LogP contribution in [0.15, 0.2) is 84.9 Å². The van der Waals surface area contributed by atoms with Crippen molar-refractivity contribution in [2.75, 3.05) is 11.9 Å². The molecule has 2 aliphatic rings. The van der Waals surface area contributed by atoms with Gasteiger partial charge in [0.05, 0.1) is 18.2 Å². The largest absolute Gasteiger partial charge is 0.494 e. The Morgan fingerprint density at radius 1 is 1.00 bits per heavy atom. The monoisotopic (exact) mass is 411 g/mol. The predicted molar refractivity (Wildman–Crippen MR) is 122 cm³/mol. The van der Waals surface area contributed by atoms with E-state index in [2.05, 4.69) is 41.7 Å².